The fourth-order valence-electron chi connectivity index (χ4n) is 1.56. The highest BCUT2D eigenvalue weighted by Crippen LogP contribution is 2.30. The maximum Gasteiger partial charge on any atom is 0.294 e. The second kappa shape index (κ2) is 7.21. The average Bonchev–Trinajstić information content (AvgIpc) is 2.39. The van der Waals surface area contributed by atoms with Crippen LogP contribution in [-0.4, -0.2) is 23.4 Å². The van der Waals surface area contributed by atoms with Crippen molar-refractivity contribution in [2.24, 2.45) is 5.92 Å². The van der Waals surface area contributed by atoms with Crippen molar-refractivity contribution in [3.63, 3.8) is 0 Å². The molecule has 0 saturated carbocycles. The number of hydrogen-bond donors (Lipinski definition) is 2. The highest BCUT2D eigenvalue weighted by atomic mass is 35.5. The van der Waals surface area contributed by atoms with Crippen LogP contribution in [0, 0.1) is 21.8 Å². The molecule has 1 atom stereocenters. The number of amides is 1. The zero-order valence-electron chi connectivity index (χ0n) is 11.9. The summed E-state index contributed by atoms with van der Waals surface area (Å²) in [4.78, 5) is 22.1. The Balaban J connectivity index is 2.89. The molecule has 0 bridgehead atoms. The molecule has 1 amide bonds. The number of nitrogens with zero attached hydrogens (tertiary/aromatic N) is 1. The van der Waals surface area contributed by atoms with E-state index >= 15 is 0 Å². The third kappa shape index (κ3) is 4.86. The van der Waals surface area contributed by atoms with Crippen LogP contribution >= 0.6 is 11.6 Å². The monoisotopic (exact) mass is 317 g/mol. The van der Waals surface area contributed by atoms with E-state index in [0.29, 0.717) is 6.54 Å². The zero-order chi connectivity index (χ0) is 16.2. The Morgan fingerprint density at radius 3 is 2.57 bits per heavy atom. The highest BCUT2D eigenvalue weighted by Gasteiger charge is 2.21. The third-order valence-electron chi connectivity index (χ3n) is 2.69. The normalized spacial score (nSPS) is 12.1. The quantitative estimate of drug-likeness (QED) is 0.624. The minimum absolute atomic E-state index is 0.0888. The number of carbonyl (C=O) groups excluding carboxylic acids is 1. The van der Waals surface area contributed by atoms with Crippen LogP contribution in [0.5, 0.6) is 0 Å². The number of halogens is 2. The van der Waals surface area contributed by atoms with Gasteiger partial charge < -0.3 is 10.6 Å². The molecule has 0 aliphatic heterocycles. The molecule has 0 spiro atoms. The minimum Gasteiger partial charge on any atom is -0.368 e. The number of rotatable bonds is 6. The Morgan fingerprint density at radius 1 is 1.43 bits per heavy atom. The van der Waals surface area contributed by atoms with Crippen LogP contribution in [0.3, 0.4) is 0 Å². The highest BCUT2D eigenvalue weighted by molar-refractivity contribution is 6.31. The van der Waals surface area contributed by atoms with Crippen molar-refractivity contribution < 1.29 is 14.1 Å². The summed E-state index contributed by atoms with van der Waals surface area (Å²) >= 11 is 5.53. The van der Waals surface area contributed by atoms with Crippen molar-refractivity contribution >= 4 is 28.9 Å². The van der Waals surface area contributed by atoms with E-state index in [1.54, 1.807) is 0 Å². The average molecular weight is 318 g/mol. The van der Waals surface area contributed by atoms with E-state index < -0.39 is 16.8 Å². The van der Waals surface area contributed by atoms with Crippen LogP contribution in [0.1, 0.15) is 20.8 Å². The topological polar surface area (TPSA) is 84.3 Å². The van der Waals surface area contributed by atoms with E-state index in [9.17, 15) is 19.3 Å². The van der Waals surface area contributed by atoms with Gasteiger partial charge in [0.2, 0.25) is 5.91 Å². The molecule has 1 aromatic carbocycles. The van der Waals surface area contributed by atoms with Gasteiger partial charge >= 0.3 is 0 Å². The summed E-state index contributed by atoms with van der Waals surface area (Å²) in [6.45, 7) is 5.91. The van der Waals surface area contributed by atoms with Crippen molar-refractivity contribution in [3.8, 4) is 0 Å². The molecule has 2 N–H and O–H groups in total. The molecule has 0 fully saturated rings. The Morgan fingerprint density at radius 2 is 2.05 bits per heavy atom. The summed E-state index contributed by atoms with van der Waals surface area (Å²) in [6, 6.07) is 1.08. The molecular formula is C13H17ClFN3O3. The SMILES string of the molecule is CC(C)CNC(=O)C(C)Nc1cc(F)c(Cl)cc1[N+](=O)[O-]. The van der Waals surface area contributed by atoms with Gasteiger partial charge in [0.15, 0.2) is 0 Å². The van der Waals surface area contributed by atoms with Gasteiger partial charge in [-0.2, -0.15) is 0 Å². The van der Waals surface area contributed by atoms with Crippen LogP contribution in [0.4, 0.5) is 15.8 Å². The molecular weight excluding hydrogens is 301 g/mol. The van der Waals surface area contributed by atoms with E-state index in [1.165, 1.54) is 6.92 Å². The van der Waals surface area contributed by atoms with E-state index in [2.05, 4.69) is 10.6 Å². The number of nitrogens with one attached hydrogen (secondary N) is 2. The van der Waals surface area contributed by atoms with Gasteiger partial charge in [-0.1, -0.05) is 25.4 Å². The van der Waals surface area contributed by atoms with E-state index in [0.717, 1.165) is 12.1 Å². The molecule has 0 aliphatic rings. The Kier molecular flexibility index (Phi) is 5.90. The molecule has 0 aromatic heterocycles. The summed E-state index contributed by atoms with van der Waals surface area (Å²) in [5, 5.41) is 15.9. The molecule has 0 radical (unpaired) electrons. The van der Waals surface area contributed by atoms with Crippen LogP contribution in [0.15, 0.2) is 12.1 Å². The van der Waals surface area contributed by atoms with Crippen molar-refractivity contribution in [2.45, 2.75) is 26.8 Å². The van der Waals surface area contributed by atoms with Gasteiger partial charge in [0, 0.05) is 18.7 Å². The van der Waals surface area contributed by atoms with Crippen molar-refractivity contribution in [1.82, 2.24) is 5.32 Å². The first-order chi connectivity index (χ1) is 9.72. The lowest BCUT2D eigenvalue weighted by molar-refractivity contribution is -0.384. The summed E-state index contributed by atoms with van der Waals surface area (Å²) < 4.78 is 13.4. The van der Waals surface area contributed by atoms with Gasteiger partial charge in [-0.15, -0.1) is 0 Å². The molecule has 8 heteroatoms. The lowest BCUT2D eigenvalue weighted by Crippen LogP contribution is -2.39. The Hall–Kier alpha value is -1.89. The molecule has 0 saturated heterocycles. The van der Waals surface area contributed by atoms with Crippen LogP contribution < -0.4 is 10.6 Å². The lowest BCUT2D eigenvalue weighted by Gasteiger charge is -2.16. The van der Waals surface area contributed by atoms with Crippen molar-refractivity contribution in [3.05, 3.63) is 33.1 Å². The number of nitro benzene ring substituents is 1. The second-order valence-corrected chi connectivity index (χ2v) is 5.45. The van der Waals surface area contributed by atoms with Gasteiger partial charge in [-0.25, -0.2) is 4.39 Å². The Labute approximate surface area is 126 Å². The van der Waals surface area contributed by atoms with Gasteiger partial charge in [0.05, 0.1) is 9.95 Å². The van der Waals surface area contributed by atoms with Gasteiger partial charge in [-0.3, -0.25) is 14.9 Å². The molecule has 1 rings (SSSR count). The zero-order valence-corrected chi connectivity index (χ0v) is 12.7. The third-order valence-corrected chi connectivity index (χ3v) is 2.97. The predicted octanol–water partition coefficient (Wildman–Crippen LogP) is 2.96. The number of carbonyl (C=O) groups is 1. The molecule has 0 heterocycles. The maximum atomic E-state index is 13.4. The molecule has 6 nitrogen and oxygen atoms in total. The molecule has 1 unspecified atom stereocenters. The first kappa shape index (κ1) is 17.2. The number of hydrogen-bond acceptors (Lipinski definition) is 4. The fraction of sp³-hybridized carbons (Fsp3) is 0.462. The summed E-state index contributed by atoms with van der Waals surface area (Å²) in [5.41, 5.74) is -0.473. The van der Waals surface area contributed by atoms with E-state index in [1.807, 2.05) is 13.8 Å². The Bertz CT molecular complexity index is 552. The van der Waals surface area contributed by atoms with Gasteiger partial charge in [0.1, 0.15) is 17.5 Å². The standard InChI is InChI=1S/C13H17ClFN3O3/c1-7(2)6-16-13(19)8(3)17-11-5-10(15)9(14)4-12(11)18(20)21/h4-5,7-8,17H,6H2,1-3H3,(H,16,19). The first-order valence-corrected chi connectivity index (χ1v) is 6.77. The van der Waals surface area contributed by atoms with Crippen molar-refractivity contribution in [1.29, 1.82) is 0 Å². The molecule has 116 valence electrons. The predicted molar refractivity (Wildman–Crippen MR) is 79.0 cm³/mol. The summed E-state index contributed by atoms with van der Waals surface area (Å²) in [5.74, 6) is -0.837. The lowest BCUT2D eigenvalue weighted by atomic mass is 10.2. The maximum absolute atomic E-state index is 13.4. The van der Waals surface area contributed by atoms with Gasteiger partial charge in [0.25, 0.3) is 5.69 Å². The first-order valence-electron chi connectivity index (χ1n) is 6.40. The summed E-state index contributed by atoms with van der Waals surface area (Å²) in [6.07, 6.45) is 0. The van der Waals surface area contributed by atoms with E-state index in [4.69, 9.17) is 11.6 Å². The number of benzene rings is 1. The van der Waals surface area contributed by atoms with Crippen molar-refractivity contribution in [2.75, 3.05) is 11.9 Å². The van der Waals surface area contributed by atoms with Crippen LogP contribution in [0.2, 0.25) is 5.02 Å². The van der Waals surface area contributed by atoms with E-state index in [-0.39, 0.29) is 28.2 Å². The largest absolute Gasteiger partial charge is 0.368 e. The number of anilines is 1. The smallest absolute Gasteiger partial charge is 0.294 e. The summed E-state index contributed by atoms with van der Waals surface area (Å²) in [7, 11) is 0. The molecule has 0 aliphatic carbocycles. The minimum atomic E-state index is -0.792. The molecule has 21 heavy (non-hydrogen) atoms. The second-order valence-electron chi connectivity index (χ2n) is 5.05. The van der Waals surface area contributed by atoms with Crippen LogP contribution in [-0.2, 0) is 4.79 Å². The fourth-order valence-corrected chi connectivity index (χ4v) is 1.72. The van der Waals surface area contributed by atoms with Gasteiger partial charge in [-0.05, 0) is 12.8 Å². The van der Waals surface area contributed by atoms with Crippen LogP contribution in [0.25, 0.3) is 0 Å². The molecule has 1 aromatic rings. The number of nitro groups is 1.